The second-order valence-electron chi connectivity index (χ2n) is 6.00. The van der Waals surface area contributed by atoms with Crippen LogP contribution in [0, 0.1) is 17.8 Å². The summed E-state index contributed by atoms with van der Waals surface area (Å²) in [6, 6.07) is 0. The number of nitrogens with one attached hydrogen (secondary N) is 2. The maximum Gasteiger partial charge on any atom is 0.233 e. The highest BCUT2D eigenvalue weighted by atomic mass is 16.1. The van der Waals surface area contributed by atoms with Gasteiger partial charge in [-0.05, 0) is 50.0 Å². The number of amides is 1. The molecule has 1 amide bonds. The second kappa shape index (κ2) is 6.39. The maximum atomic E-state index is 11.5. The van der Waals surface area contributed by atoms with Gasteiger partial charge in [0.2, 0.25) is 5.91 Å². The molecular formula is C14H26N2O. The summed E-state index contributed by atoms with van der Waals surface area (Å²) in [4.78, 5) is 11.5. The molecule has 0 aromatic rings. The SMILES string of the molecule is CC1CCC(CNCC(=O)NCC2CC2)CC1. The summed E-state index contributed by atoms with van der Waals surface area (Å²) in [5.74, 6) is 2.65. The van der Waals surface area contributed by atoms with Gasteiger partial charge in [-0.25, -0.2) is 0 Å². The van der Waals surface area contributed by atoms with E-state index in [0.717, 1.165) is 30.8 Å². The van der Waals surface area contributed by atoms with Crippen LogP contribution in [-0.2, 0) is 4.79 Å². The minimum Gasteiger partial charge on any atom is -0.355 e. The molecule has 0 spiro atoms. The quantitative estimate of drug-likeness (QED) is 0.742. The van der Waals surface area contributed by atoms with Crippen LogP contribution in [0.4, 0.5) is 0 Å². The molecule has 2 N–H and O–H groups in total. The first kappa shape index (κ1) is 12.9. The summed E-state index contributed by atoms with van der Waals surface area (Å²) in [6.07, 6.45) is 7.98. The Morgan fingerprint density at radius 3 is 2.24 bits per heavy atom. The molecule has 2 fully saturated rings. The van der Waals surface area contributed by atoms with E-state index in [1.54, 1.807) is 0 Å². The average Bonchev–Trinajstić information content (AvgIpc) is 3.13. The van der Waals surface area contributed by atoms with Crippen molar-refractivity contribution in [2.75, 3.05) is 19.6 Å². The van der Waals surface area contributed by atoms with Gasteiger partial charge >= 0.3 is 0 Å². The molecule has 2 aliphatic rings. The first-order valence-electron chi connectivity index (χ1n) is 7.21. The predicted octanol–water partition coefficient (Wildman–Crippen LogP) is 1.93. The van der Waals surface area contributed by atoms with Gasteiger partial charge in [0.15, 0.2) is 0 Å². The minimum atomic E-state index is 0.168. The lowest BCUT2D eigenvalue weighted by Crippen LogP contribution is -2.37. The zero-order chi connectivity index (χ0) is 12.1. The monoisotopic (exact) mass is 238 g/mol. The molecule has 98 valence electrons. The van der Waals surface area contributed by atoms with Crippen LogP contribution in [-0.4, -0.2) is 25.5 Å². The second-order valence-corrected chi connectivity index (χ2v) is 6.00. The van der Waals surface area contributed by atoms with Gasteiger partial charge in [-0.3, -0.25) is 4.79 Å². The lowest BCUT2D eigenvalue weighted by molar-refractivity contribution is -0.120. The molecule has 0 bridgehead atoms. The topological polar surface area (TPSA) is 41.1 Å². The highest BCUT2D eigenvalue weighted by Crippen LogP contribution is 2.28. The molecule has 17 heavy (non-hydrogen) atoms. The third kappa shape index (κ3) is 5.07. The normalized spacial score (nSPS) is 29.0. The molecule has 2 rings (SSSR count). The van der Waals surface area contributed by atoms with E-state index >= 15 is 0 Å². The highest BCUT2D eigenvalue weighted by Gasteiger charge is 2.21. The molecule has 2 saturated carbocycles. The fourth-order valence-corrected chi connectivity index (χ4v) is 2.57. The molecule has 0 aliphatic heterocycles. The van der Waals surface area contributed by atoms with Crippen molar-refractivity contribution in [3.8, 4) is 0 Å². The summed E-state index contributed by atoms with van der Waals surface area (Å²) in [5, 5.41) is 6.29. The molecule has 0 heterocycles. The molecular weight excluding hydrogens is 212 g/mol. The van der Waals surface area contributed by atoms with Crippen LogP contribution in [0.1, 0.15) is 45.4 Å². The Kier molecular flexibility index (Phi) is 4.84. The van der Waals surface area contributed by atoms with Crippen molar-refractivity contribution in [3.05, 3.63) is 0 Å². The lowest BCUT2D eigenvalue weighted by atomic mass is 9.83. The summed E-state index contributed by atoms with van der Waals surface area (Å²) < 4.78 is 0. The van der Waals surface area contributed by atoms with Crippen molar-refractivity contribution >= 4 is 5.91 Å². The van der Waals surface area contributed by atoms with E-state index in [9.17, 15) is 4.79 Å². The van der Waals surface area contributed by atoms with Crippen molar-refractivity contribution in [3.63, 3.8) is 0 Å². The number of hydrogen-bond acceptors (Lipinski definition) is 2. The van der Waals surface area contributed by atoms with Crippen molar-refractivity contribution in [1.82, 2.24) is 10.6 Å². The molecule has 0 atom stereocenters. The van der Waals surface area contributed by atoms with Gasteiger partial charge in [0.05, 0.1) is 6.54 Å². The number of carbonyl (C=O) groups is 1. The van der Waals surface area contributed by atoms with Gasteiger partial charge in [-0.15, -0.1) is 0 Å². The smallest absolute Gasteiger partial charge is 0.233 e. The van der Waals surface area contributed by atoms with Crippen molar-refractivity contribution < 1.29 is 4.79 Å². The Labute approximate surface area is 105 Å². The molecule has 3 nitrogen and oxygen atoms in total. The average molecular weight is 238 g/mol. The van der Waals surface area contributed by atoms with Crippen LogP contribution < -0.4 is 10.6 Å². The van der Waals surface area contributed by atoms with Gasteiger partial charge in [0, 0.05) is 6.54 Å². The van der Waals surface area contributed by atoms with Gasteiger partial charge < -0.3 is 10.6 Å². The van der Waals surface area contributed by atoms with E-state index in [2.05, 4.69) is 17.6 Å². The summed E-state index contributed by atoms with van der Waals surface area (Å²) in [6.45, 7) is 4.75. The fraction of sp³-hybridized carbons (Fsp3) is 0.929. The molecule has 0 unspecified atom stereocenters. The predicted molar refractivity (Wildman–Crippen MR) is 69.7 cm³/mol. The Bertz CT molecular complexity index is 243. The Morgan fingerprint density at radius 1 is 1.00 bits per heavy atom. The van der Waals surface area contributed by atoms with Crippen LogP contribution >= 0.6 is 0 Å². The Hall–Kier alpha value is -0.570. The molecule has 0 saturated heterocycles. The van der Waals surface area contributed by atoms with E-state index in [1.165, 1.54) is 38.5 Å². The summed E-state index contributed by atoms with van der Waals surface area (Å²) >= 11 is 0. The molecule has 0 aromatic carbocycles. The van der Waals surface area contributed by atoms with E-state index in [-0.39, 0.29) is 5.91 Å². The minimum absolute atomic E-state index is 0.168. The number of carbonyl (C=O) groups excluding carboxylic acids is 1. The van der Waals surface area contributed by atoms with E-state index < -0.39 is 0 Å². The van der Waals surface area contributed by atoms with Gasteiger partial charge in [-0.1, -0.05) is 19.8 Å². The first-order valence-corrected chi connectivity index (χ1v) is 7.21. The number of hydrogen-bond donors (Lipinski definition) is 2. The zero-order valence-corrected chi connectivity index (χ0v) is 11.0. The fourth-order valence-electron chi connectivity index (χ4n) is 2.57. The van der Waals surface area contributed by atoms with Crippen LogP contribution in [0.15, 0.2) is 0 Å². The molecule has 3 heteroatoms. The van der Waals surface area contributed by atoms with E-state index in [0.29, 0.717) is 6.54 Å². The molecule has 0 radical (unpaired) electrons. The van der Waals surface area contributed by atoms with Crippen molar-refractivity contribution in [1.29, 1.82) is 0 Å². The van der Waals surface area contributed by atoms with Crippen molar-refractivity contribution in [2.24, 2.45) is 17.8 Å². The van der Waals surface area contributed by atoms with Crippen molar-refractivity contribution in [2.45, 2.75) is 45.4 Å². The lowest BCUT2D eigenvalue weighted by Gasteiger charge is -2.26. The van der Waals surface area contributed by atoms with Gasteiger partial charge in [0.1, 0.15) is 0 Å². The highest BCUT2D eigenvalue weighted by molar-refractivity contribution is 5.77. The summed E-state index contributed by atoms with van der Waals surface area (Å²) in [7, 11) is 0. The van der Waals surface area contributed by atoms with Crippen LogP contribution in [0.3, 0.4) is 0 Å². The van der Waals surface area contributed by atoms with E-state index in [4.69, 9.17) is 0 Å². The largest absolute Gasteiger partial charge is 0.355 e. The summed E-state index contributed by atoms with van der Waals surface area (Å²) in [5.41, 5.74) is 0. The molecule has 0 aromatic heterocycles. The maximum absolute atomic E-state index is 11.5. The third-order valence-electron chi connectivity index (χ3n) is 4.14. The number of rotatable bonds is 6. The van der Waals surface area contributed by atoms with Crippen LogP contribution in [0.25, 0.3) is 0 Å². The molecule has 2 aliphatic carbocycles. The zero-order valence-electron chi connectivity index (χ0n) is 11.0. The van der Waals surface area contributed by atoms with Gasteiger partial charge in [-0.2, -0.15) is 0 Å². The Balaban J connectivity index is 1.48. The Morgan fingerprint density at radius 2 is 1.59 bits per heavy atom. The van der Waals surface area contributed by atoms with Crippen LogP contribution in [0.5, 0.6) is 0 Å². The van der Waals surface area contributed by atoms with Gasteiger partial charge in [0.25, 0.3) is 0 Å². The first-order chi connectivity index (χ1) is 8.24. The van der Waals surface area contributed by atoms with Crippen LogP contribution in [0.2, 0.25) is 0 Å². The standard InChI is InChI=1S/C14H26N2O/c1-11-2-4-12(5-3-11)8-15-10-14(17)16-9-13-6-7-13/h11-13,15H,2-10H2,1H3,(H,16,17). The third-order valence-corrected chi connectivity index (χ3v) is 4.14. The van der Waals surface area contributed by atoms with E-state index in [1.807, 2.05) is 0 Å².